The molecule has 0 amide bonds. The maximum Gasteiger partial charge on any atom is 0.0314 e. The number of unbranched alkanes of at least 4 members (excludes halogenated alkanes) is 4. The molecule has 0 N–H and O–H groups in total. The Kier molecular flexibility index (Phi) is 9.04. The molecule has 0 saturated heterocycles. The molecule has 2 heteroatoms. The van der Waals surface area contributed by atoms with E-state index in [2.05, 4.69) is 41.2 Å². The summed E-state index contributed by atoms with van der Waals surface area (Å²) in [7, 11) is 0. The first-order chi connectivity index (χ1) is 8.77. The molecule has 0 aliphatic heterocycles. The molecule has 0 aliphatic carbocycles. The lowest BCUT2D eigenvalue weighted by Gasteiger charge is -2.16. The van der Waals surface area contributed by atoms with Crippen LogP contribution in [0.5, 0.6) is 0 Å². The summed E-state index contributed by atoms with van der Waals surface area (Å²) in [6.07, 6.45) is 12.4. The van der Waals surface area contributed by atoms with Gasteiger partial charge in [-0.05, 0) is 39.7 Å². The second-order valence-corrected chi connectivity index (χ2v) is 7.11. The van der Waals surface area contributed by atoms with Gasteiger partial charge in [-0.2, -0.15) is 0 Å². The Morgan fingerprint density at radius 2 is 1.78 bits per heavy atom. The summed E-state index contributed by atoms with van der Waals surface area (Å²) in [5.41, 5.74) is 0. The van der Waals surface area contributed by atoms with Gasteiger partial charge in [-0.3, -0.25) is 0 Å². The monoisotopic (exact) mass is 330 g/mol. The molecular weight excluding hydrogens is 304 g/mol. The first-order valence-electron chi connectivity index (χ1n) is 7.49. The highest BCUT2D eigenvalue weighted by Crippen LogP contribution is 2.29. The van der Waals surface area contributed by atoms with E-state index >= 15 is 0 Å². The number of halogens is 1. The van der Waals surface area contributed by atoms with Gasteiger partial charge in [0, 0.05) is 9.35 Å². The fourth-order valence-electron chi connectivity index (χ4n) is 2.43. The first kappa shape index (κ1) is 16.2. The number of hydrogen-bond acceptors (Lipinski definition) is 1. The Morgan fingerprint density at radius 3 is 2.39 bits per heavy atom. The van der Waals surface area contributed by atoms with Gasteiger partial charge in [-0.25, -0.2) is 0 Å². The van der Waals surface area contributed by atoms with Crippen molar-refractivity contribution in [2.45, 2.75) is 71.6 Å². The third-order valence-corrected chi connectivity index (χ3v) is 5.55. The molecule has 0 spiro atoms. The lowest BCUT2D eigenvalue weighted by molar-refractivity contribution is 0.412. The maximum absolute atomic E-state index is 3.67. The molecule has 0 fully saturated rings. The topological polar surface area (TPSA) is 0 Å². The van der Waals surface area contributed by atoms with E-state index in [1.807, 2.05) is 11.3 Å². The van der Waals surface area contributed by atoms with E-state index in [0.717, 1.165) is 5.92 Å². The quantitative estimate of drug-likeness (QED) is 0.412. The summed E-state index contributed by atoms with van der Waals surface area (Å²) < 4.78 is 1.32. The van der Waals surface area contributed by atoms with E-state index < -0.39 is 0 Å². The molecule has 0 bridgehead atoms. The van der Waals surface area contributed by atoms with Crippen molar-refractivity contribution in [3.63, 3.8) is 0 Å². The van der Waals surface area contributed by atoms with Crippen LogP contribution in [0.2, 0.25) is 0 Å². The van der Waals surface area contributed by atoms with Crippen LogP contribution in [-0.2, 0) is 6.42 Å². The molecule has 0 nitrogen and oxygen atoms in total. The fraction of sp³-hybridized carbons (Fsp3) is 0.750. The summed E-state index contributed by atoms with van der Waals surface area (Å²) in [6.45, 7) is 4.59. The summed E-state index contributed by atoms with van der Waals surface area (Å²) in [5.74, 6) is 0.900. The maximum atomic E-state index is 3.67. The van der Waals surface area contributed by atoms with Crippen LogP contribution in [0.1, 0.15) is 70.1 Å². The van der Waals surface area contributed by atoms with Crippen molar-refractivity contribution in [3.8, 4) is 0 Å². The average Bonchev–Trinajstić information content (AvgIpc) is 2.77. The lowest BCUT2D eigenvalue weighted by Crippen LogP contribution is -2.04. The highest BCUT2D eigenvalue weighted by molar-refractivity contribution is 9.10. The Labute approximate surface area is 125 Å². The van der Waals surface area contributed by atoms with E-state index in [0.29, 0.717) is 0 Å². The Morgan fingerprint density at radius 1 is 1.06 bits per heavy atom. The van der Waals surface area contributed by atoms with Gasteiger partial charge in [0.15, 0.2) is 0 Å². The van der Waals surface area contributed by atoms with Crippen LogP contribution in [0.3, 0.4) is 0 Å². The van der Waals surface area contributed by atoms with E-state index in [-0.39, 0.29) is 0 Å². The third-order valence-electron chi connectivity index (χ3n) is 3.60. The van der Waals surface area contributed by atoms with Crippen LogP contribution in [0.15, 0.2) is 15.9 Å². The van der Waals surface area contributed by atoms with Crippen molar-refractivity contribution in [3.05, 3.63) is 20.8 Å². The Bertz CT molecular complexity index is 306. The smallest absolute Gasteiger partial charge is 0.0314 e. The van der Waals surface area contributed by atoms with Crippen molar-refractivity contribution in [2.24, 2.45) is 5.92 Å². The Hall–Kier alpha value is 0.180. The molecule has 104 valence electrons. The molecule has 1 rings (SSSR count). The fourth-order valence-corrected chi connectivity index (χ4v) is 4.06. The second-order valence-electron chi connectivity index (χ2n) is 5.25. The minimum Gasteiger partial charge on any atom is -0.148 e. The molecule has 1 aromatic rings. The summed E-state index contributed by atoms with van der Waals surface area (Å²) >= 11 is 5.57. The molecule has 1 unspecified atom stereocenters. The highest BCUT2D eigenvalue weighted by atomic mass is 79.9. The van der Waals surface area contributed by atoms with Crippen molar-refractivity contribution in [1.82, 2.24) is 0 Å². The van der Waals surface area contributed by atoms with Crippen molar-refractivity contribution in [2.75, 3.05) is 0 Å². The molecule has 1 heterocycles. The van der Waals surface area contributed by atoms with Gasteiger partial charge >= 0.3 is 0 Å². The molecule has 0 saturated carbocycles. The van der Waals surface area contributed by atoms with E-state index in [1.165, 1.54) is 62.3 Å². The predicted molar refractivity (Wildman–Crippen MR) is 87.5 cm³/mol. The van der Waals surface area contributed by atoms with Crippen LogP contribution in [-0.4, -0.2) is 0 Å². The van der Waals surface area contributed by atoms with Crippen LogP contribution in [0, 0.1) is 5.92 Å². The standard InChI is InChI=1S/C16H27BrS/c1-3-5-7-8-10-14(9-6-4-2)13-16-15(17)11-12-18-16/h11-12,14H,3-10,13H2,1-2H3. The van der Waals surface area contributed by atoms with Gasteiger partial charge < -0.3 is 0 Å². The van der Waals surface area contributed by atoms with Crippen LogP contribution >= 0.6 is 27.3 Å². The Balaban J connectivity index is 2.37. The normalized spacial score (nSPS) is 12.8. The largest absolute Gasteiger partial charge is 0.148 e. The van der Waals surface area contributed by atoms with Gasteiger partial charge in [0.1, 0.15) is 0 Å². The minimum atomic E-state index is 0.900. The van der Waals surface area contributed by atoms with E-state index in [1.54, 1.807) is 4.88 Å². The van der Waals surface area contributed by atoms with Gasteiger partial charge in [-0.1, -0.05) is 65.2 Å². The van der Waals surface area contributed by atoms with E-state index in [4.69, 9.17) is 0 Å². The number of thiophene rings is 1. The van der Waals surface area contributed by atoms with Crippen LogP contribution < -0.4 is 0 Å². The van der Waals surface area contributed by atoms with E-state index in [9.17, 15) is 0 Å². The zero-order valence-corrected chi connectivity index (χ0v) is 14.3. The van der Waals surface area contributed by atoms with Gasteiger partial charge in [0.05, 0.1) is 0 Å². The van der Waals surface area contributed by atoms with Gasteiger partial charge in [0.2, 0.25) is 0 Å². The highest BCUT2D eigenvalue weighted by Gasteiger charge is 2.12. The summed E-state index contributed by atoms with van der Waals surface area (Å²) in [6, 6.07) is 2.19. The molecule has 18 heavy (non-hydrogen) atoms. The predicted octanol–water partition coefficient (Wildman–Crippen LogP) is 6.83. The third kappa shape index (κ3) is 6.38. The van der Waals surface area contributed by atoms with Crippen molar-refractivity contribution in [1.29, 1.82) is 0 Å². The lowest BCUT2D eigenvalue weighted by atomic mass is 9.92. The SMILES string of the molecule is CCCCCCC(CCCC)Cc1sccc1Br. The minimum absolute atomic E-state index is 0.900. The van der Waals surface area contributed by atoms with Gasteiger partial charge in [-0.15, -0.1) is 11.3 Å². The second kappa shape index (κ2) is 10.0. The molecule has 1 aromatic heterocycles. The van der Waals surface area contributed by atoms with Gasteiger partial charge in [0.25, 0.3) is 0 Å². The molecule has 0 aliphatic rings. The molecule has 0 aromatic carbocycles. The average molecular weight is 331 g/mol. The first-order valence-corrected chi connectivity index (χ1v) is 9.17. The van der Waals surface area contributed by atoms with Crippen molar-refractivity contribution >= 4 is 27.3 Å². The molecular formula is C16H27BrS. The van der Waals surface area contributed by atoms with Crippen molar-refractivity contribution < 1.29 is 0 Å². The number of hydrogen-bond donors (Lipinski definition) is 0. The van der Waals surface area contributed by atoms with Crippen LogP contribution in [0.25, 0.3) is 0 Å². The number of rotatable bonds is 10. The zero-order valence-electron chi connectivity index (χ0n) is 11.9. The molecule has 1 atom stereocenters. The van der Waals surface area contributed by atoms with Crippen LogP contribution in [0.4, 0.5) is 0 Å². The summed E-state index contributed by atoms with van der Waals surface area (Å²) in [5, 5.41) is 2.20. The zero-order chi connectivity index (χ0) is 13.2. The summed E-state index contributed by atoms with van der Waals surface area (Å²) in [4.78, 5) is 1.55. The molecule has 0 radical (unpaired) electrons.